The van der Waals surface area contributed by atoms with Gasteiger partial charge in [0.05, 0.1) is 27.2 Å². The van der Waals surface area contributed by atoms with Gasteiger partial charge in [0.2, 0.25) is 0 Å². The van der Waals surface area contributed by atoms with E-state index >= 15 is 0 Å². The molecule has 0 bridgehead atoms. The van der Waals surface area contributed by atoms with Crippen molar-refractivity contribution in [2.75, 3.05) is 21.1 Å². The third-order valence-corrected chi connectivity index (χ3v) is 2.69. The molecule has 12 heavy (non-hydrogen) atoms. The Kier molecular flexibility index (Phi) is 5.56. The molecule has 0 aromatic rings. The molecule has 1 unspecified atom stereocenters. The molecule has 0 rings (SSSR count). The number of quaternary nitrogens is 1. The van der Waals surface area contributed by atoms with Crippen molar-refractivity contribution < 1.29 is 4.48 Å². The highest BCUT2D eigenvalue weighted by Gasteiger charge is 2.16. The van der Waals surface area contributed by atoms with Crippen LogP contribution in [0.2, 0.25) is 0 Å². The molecule has 1 atom stereocenters. The maximum Gasteiger partial charge on any atom is 0.0855 e. The Balaban J connectivity index is 3.38. The summed E-state index contributed by atoms with van der Waals surface area (Å²) in [6, 6.07) is 0.787. The molecule has 0 heterocycles. The number of hydrogen-bond acceptors (Lipinski definition) is 0. The lowest BCUT2D eigenvalue weighted by molar-refractivity contribution is -0.894. The van der Waals surface area contributed by atoms with Crippen LogP contribution in [0.1, 0.15) is 39.0 Å². The lowest BCUT2D eigenvalue weighted by atomic mass is 10.1. The van der Waals surface area contributed by atoms with Crippen LogP contribution >= 0.6 is 0 Å². The van der Waals surface area contributed by atoms with E-state index in [0.717, 1.165) is 16.9 Å². The van der Waals surface area contributed by atoms with E-state index in [1.54, 1.807) is 0 Å². The van der Waals surface area contributed by atoms with Crippen LogP contribution in [0.3, 0.4) is 0 Å². The number of hydrogen-bond donors (Lipinski definition) is 0. The summed E-state index contributed by atoms with van der Waals surface area (Å²) in [5.74, 6) is 0. The second kappa shape index (κ2) is 5.58. The normalized spacial score (nSPS) is 14.8. The molecule has 0 aromatic heterocycles. The molecule has 1 nitrogen and oxygen atoms in total. The lowest BCUT2D eigenvalue weighted by Gasteiger charge is -2.31. The van der Waals surface area contributed by atoms with Gasteiger partial charge in [-0.2, -0.15) is 0 Å². The molecule has 0 fully saturated rings. The fourth-order valence-corrected chi connectivity index (χ4v) is 1.18. The van der Waals surface area contributed by atoms with Crippen LogP contribution in [0.4, 0.5) is 0 Å². The first kappa shape index (κ1) is 12.0. The molecule has 0 aliphatic carbocycles. The van der Waals surface area contributed by atoms with Crippen LogP contribution in [0.5, 0.6) is 0 Å². The average Bonchev–Trinajstić information content (AvgIpc) is 1.96. The maximum absolute atomic E-state index is 3.85. The maximum atomic E-state index is 3.85. The van der Waals surface area contributed by atoms with Crippen molar-refractivity contribution in [3.8, 4) is 0 Å². The highest BCUT2D eigenvalue weighted by atomic mass is 15.3. The van der Waals surface area contributed by atoms with E-state index in [9.17, 15) is 0 Å². The first-order valence-electron chi connectivity index (χ1n) is 5.09. The molecule has 1 radical (unpaired) electrons. The second-order valence-corrected chi connectivity index (χ2v) is 4.67. The van der Waals surface area contributed by atoms with Gasteiger partial charge >= 0.3 is 0 Å². The Labute approximate surface area is 78.4 Å². The number of rotatable bonds is 6. The van der Waals surface area contributed by atoms with Crippen molar-refractivity contribution in [1.82, 2.24) is 0 Å². The van der Waals surface area contributed by atoms with Gasteiger partial charge in [0.15, 0.2) is 0 Å². The Morgan fingerprint density at radius 2 is 1.67 bits per heavy atom. The van der Waals surface area contributed by atoms with Gasteiger partial charge < -0.3 is 4.48 Å². The van der Waals surface area contributed by atoms with Crippen LogP contribution in [-0.2, 0) is 0 Å². The van der Waals surface area contributed by atoms with Gasteiger partial charge in [-0.25, -0.2) is 0 Å². The minimum atomic E-state index is 0.787. The summed E-state index contributed by atoms with van der Waals surface area (Å²) < 4.78 is 1.09. The van der Waals surface area contributed by atoms with Crippen LogP contribution in [0, 0.1) is 6.92 Å². The zero-order chi connectivity index (χ0) is 9.61. The molecule has 0 amide bonds. The largest absolute Gasteiger partial charge is 0.329 e. The third kappa shape index (κ3) is 5.59. The van der Waals surface area contributed by atoms with E-state index in [4.69, 9.17) is 0 Å². The Morgan fingerprint density at radius 1 is 1.08 bits per heavy atom. The van der Waals surface area contributed by atoms with Crippen molar-refractivity contribution in [2.45, 2.75) is 45.1 Å². The van der Waals surface area contributed by atoms with Crippen molar-refractivity contribution in [3.05, 3.63) is 6.92 Å². The molecule has 0 N–H and O–H groups in total. The Hall–Kier alpha value is -0.0400. The van der Waals surface area contributed by atoms with Gasteiger partial charge in [0.25, 0.3) is 0 Å². The Bertz CT molecular complexity index is 102. The molecule has 0 aromatic carbocycles. The van der Waals surface area contributed by atoms with Crippen LogP contribution in [0.25, 0.3) is 0 Å². The smallest absolute Gasteiger partial charge is 0.0855 e. The summed E-state index contributed by atoms with van der Waals surface area (Å²) >= 11 is 0. The fraction of sp³-hybridized carbons (Fsp3) is 0.909. The quantitative estimate of drug-likeness (QED) is 0.426. The predicted octanol–water partition coefficient (Wildman–Crippen LogP) is 2.87. The van der Waals surface area contributed by atoms with Gasteiger partial charge in [-0.05, 0) is 19.8 Å². The summed E-state index contributed by atoms with van der Waals surface area (Å²) in [5, 5.41) is 0. The van der Waals surface area contributed by atoms with Gasteiger partial charge in [-0.1, -0.05) is 26.2 Å². The summed E-state index contributed by atoms with van der Waals surface area (Å²) in [4.78, 5) is 0. The monoisotopic (exact) mass is 171 g/mol. The summed E-state index contributed by atoms with van der Waals surface area (Å²) in [7, 11) is 6.81. The summed E-state index contributed by atoms with van der Waals surface area (Å²) in [5.41, 5.74) is 0. The van der Waals surface area contributed by atoms with Crippen LogP contribution in [-0.4, -0.2) is 31.7 Å². The van der Waals surface area contributed by atoms with Gasteiger partial charge in [-0.15, -0.1) is 0 Å². The first-order chi connectivity index (χ1) is 5.48. The van der Waals surface area contributed by atoms with Gasteiger partial charge in [0.1, 0.15) is 0 Å². The first-order valence-corrected chi connectivity index (χ1v) is 5.09. The molecule has 0 aliphatic rings. The minimum Gasteiger partial charge on any atom is -0.329 e. The van der Waals surface area contributed by atoms with Crippen LogP contribution < -0.4 is 0 Å². The molecule has 0 aliphatic heterocycles. The van der Waals surface area contributed by atoms with Crippen LogP contribution in [0.15, 0.2) is 0 Å². The molecule has 73 valence electrons. The zero-order valence-corrected chi connectivity index (χ0v) is 9.27. The van der Waals surface area contributed by atoms with E-state index in [0.29, 0.717) is 0 Å². The van der Waals surface area contributed by atoms with Gasteiger partial charge in [0, 0.05) is 0 Å². The fourth-order valence-electron chi connectivity index (χ4n) is 1.18. The number of nitrogens with zero attached hydrogens (tertiary/aromatic N) is 1. The van der Waals surface area contributed by atoms with E-state index in [1.807, 2.05) is 0 Å². The summed E-state index contributed by atoms with van der Waals surface area (Å²) in [6.45, 7) is 6.18. The molecule has 0 saturated carbocycles. The van der Waals surface area contributed by atoms with Crippen molar-refractivity contribution >= 4 is 0 Å². The van der Waals surface area contributed by atoms with Gasteiger partial charge in [-0.3, -0.25) is 0 Å². The standard InChI is InChI=1S/C11H25N/c1-6-7-8-9-10-11(2)12(3,4)5/h11H,1,6-10H2,2-5H3/q+1. The third-order valence-electron chi connectivity index (χ3n) is 2.69. The SMILES string of the molecule is [CH2]CCCCCC(C)[N+](C)(C)C. The molecular weight excluding hydrogens is 146 g/mol. The van der Waals surface area contributed by atoms with E-state index < -0.39 is 0 Å². The Morgan fingerprint density at radius 3 is 2.08 bits per heavy atom. The average molecular weight is 171 g/mol. The topological polar surface area (TPSA) is 0 Å². The molecular formula is C11H25N+. The minimum absolute atomic E-state index is 0.787. The lowest BCUT2D eigenvalue weighted by Crippen LogP contribution is -2.43. The molecule has 0 spiro atoms. The highest BCUT2D eigenvalue weighted by molar-refractivity contribution is 4.52. The van der Waals surface area contributed by atoms with E-state index in [2.05, 4.69) is 35.0 Å². The molecule has 1 heteroatoms. The van der Waals surface area contributed by atoms with Crippen molar-refractivity contribution in [1.29, 1.82) is 0 Å². The molecule has 0 saturated heterocycles. The highest BCUT2D eigenvalue weighted by Crippen LogP contribution is 2.11. The number of unbranched alkanes of at least 4 members (excludes halogenated alkanes) is 3. The van der Waals surface area contributed by atoms with E-state index in [1.165, 1.54) is 25.7 Å². The van der Waals surface area contributed by atoms with Crippen molar-refractivity contribution in [3.63, 3.8) is 0 Å². The zero-order valence-electron chi connectivity index (χ0n) is 9.27. The summed E-state index contributed by atoms with van der Waals surface area (Å²) in [6.07, 6.45) is 6.46. The van der Waals surface area contributed by atoms with E-state index in [-0.39, 0.29) is 0 Å². The van der Waals surface area contributed by atoms with Crippen molar-refractivity contribution in [2.24, 2.45) is 0 Å². The predicted molar refractivity (Wildman–Crippen MR) is 55.9 cm³/mol. The second-order valence-electron chi connectivity index (χ2n) is 4.67.